The molecular weight excluding hydrogens is 280 g/mol. The second-order valence-electron chi connectivity index (χ2n) is 4.94. The first kappa shape index (κ1) is 14.1. The number of ether oxygens (including phenoxy) is 1. The molecule has 3 aromatic rings. The van der Waals surface area contributed by atoms with Gasteiger partial charge in [0.05, 0.1) is 30.1 Å². The zero-order valence-corrected chi connectivity index (χ0v) is 12.6. The maximum atomic E-state index is 10.6. The first-order valence-corrected chi connectivity index (χ1v) is 6.82. The summed E-state index contributed by atoms with van der Waals surface area (Å²) in [4.78, 5) is 19.1. The number of hydrogen-bond acceptors (Lipinski definition) is 4. The molecule has 0 aromatic carbocycles. The first-order valence-electron chi connectivity index (χ1n) is 6.82. The van der Waals surface area contributed by atoms with Crippen LogP contribution >= 0.6 is 0 Å². The molecule has 1 amide bonds. The molecule has 0 bridgehead atoms. The van der Waals surface area contributed by atoms with Crippen LogP contribution in [0.1, 0.15) is 5.56 Å². The zero-order chi connectivity index (χ0) is 15.7. The Morgan fingerprint density at radius 3 is 2.91 bits per heavy atom. The molecule has 0 aliphatic heterocycles. The van der Waals surface area contributed by atoms with Crippen molar-refractivity contribution in [2.75, 3.05) is 12.4 Å². The lowest BCUT2D eigenvalue weighted by Gasteiger charge is -2.09. The van der Waals surface area contributed by atoms with Crippen LogP contribution in [0.25, 0.3) is 22.2 Å². The van der Waals surface area contributed by atoms with Crippen molar-refractivity contribution in [1.82, 2.24) is 14.5 Å². The van der Waals surface area contributed by atoms with E-state index in [0.29, 0.717) is 18.1 Å². The molecule has 0 spiro atoms. The predicted molar refractivity (Wildman–Crippen MR) is 84.9 cm³/mol. The van der Waals surface area contributed by atoms with Gasteiger partial charge in [0.2, 0.25) is 12.3 Å². The highest BCUT2D eigenvalue weighted by Crippen LogP contribution is 2.36. The molecule has 0 aliphatic rings. The minimum Gasteiger partial charge on any atom is -0.481 e. The molecule has 22 heavy (non-hydrogen) atoms. The monoisotopic (exact) mass is 296 g/mol. The lowest BCUT2D eigenvalue weighted by molar-refractivity contribution is -0.105. The normalized spacial score (nSPS) is 10.7. The molecule has 0 unspecified atom stereocenters. The number of fused-ring (bicyclic) bond motifs is 1. The van der Waals surface area contributed by atoms with Crippen molar-refractivity contribution in [3.05, 3.63) is 36.2 Å². The van der Waals surface area contributed by atoms with E-state index in [2.05, 4.69) is 19.9 Å². The maximum absolute atomic E-state index is 10.6. The molecule has 6 nitrogen and oxygen atoms in total. The first-order chi connectivity index (χ1) is 10.7. The Morgan fingerprint density at radius 1 is 1.36 bits per heavy atom. The third-order valence-electron chi connectivity index (χ3n) is 3.77. The maximum Gasteiger partial charge on any atom is 0.222 e. The third kappa shape index (κ3) is 2.09. The Morgan fingerprint density at radius 2 is 2.18 bits per heavy atom. The van der Waals surface area contributed by atoms with Gasteiger partial charge in [0.25, 0.3) is 0 Å². The number of pyridine rings is 2. The summed E-state index contributed by atoms with van der Waals surface area (Å²) in [5, 5.41) is 3.61. The molecule has 0 fully saturated rings. The van der Waals surface area contributed by atoms with Gasteiger partial charge in [-0.15, -0.1) is 0 Å². The van der Waals surface area contributed by atoms with Crippen LogP contribution in [0.15, 0.2) is 30.6 Å². The second-order valence-corrected chi connectivity index (χ2v) is 4.94. The number of aryl methyl sites for hydroxylation is 2. The van der Waals surface area contributed by atoms with Gasteiger partial charge in [0.1, 0.15) is 5.82 Å². The van der Waals surface area contributed by atoms with Crippen LogP contribution in [0.2, 0.25) is 0 Å². The summed E-state index contributed by atoms with van der Waals surface area (Å²) in [6, 6.07) is 5.73. The van der Waals surface area contributed by atoms with Gasteiger partial charge in [0, 0.05) is 18.6 Å². The van der Waals surface area contributed by atoms with E-state index in [9.17, 15) is 4.79 Å². The Hall–Kier alpha value is -2.89. The summed E-state index contributed by atoms with van der Waals surface area (Å²) < 4.78 is 7.43. The van der Waals surface area contributed by atoms with E-state index in [1.165, 1.54) is 0 Å². The molecule has 6 heteroatoms. The number of nitrogens with zero attached hydrogens (tertiary/aromatic N) is 3. The Bertz CT molecular complexity index is 855. The van der Waals surface area contributed by atoms with Crippen LogP contribution in [0.3, 0.4) is 0 Å². The second kappa shape index (κ2) is 5.48. The van der Waals surface area contributed by atoms with Gasteiger partial charge >= 0.3 is 0 Å². The number of amides is 1. The molecule has 0 radical (unpaired) electrons. The fraction of sp³-hybridized carbons (Fsp3) is 0.188. The van der Waals surface area contributed by atoms with Gasteiger partial charge in [-0.2, -0.15) is 0 Å². The van der Waals surface area contributed by atoms with Crippen molar-refractivity contribution in [1.29, 1.82) is 0 Å². The van der Waals surface area contributed by atoms with Crippen LogP contribution in [0.5, 0.6) is 5.88 Å². The molecule has 3 rings (SSSR count). The number of rotatable bonds is 4. The number of methoxy groups -OCH3 is 1. The van der Waals surface area contributed by atoms with Gasteiger partial charge in [-0.1, -0.05) is 0 Å². The van der Waals surface area contributed by atoms with E-state index in [1.807, 2.05) is 32.2 Å². The lowest BCUT2D eigenvalue weighted by Crippen LogP contribution is -1.98. The SMILES string of the molecule is COc1ncccc1-c1c(C)c2cc(NC=O)ncc2n1C. The number of aromatic nitrogens is 3. The summed E-state index contributed by atoms with van der Waals surface area (Å²) in [6.07, 6.45) is 4.08. The van der Waals surface area contributed by atoms with E-state index in [1.54, 1.807) is 19.5 Å². The fourth-order valence-corrected chi connectivity index (χ4v) is 2.77. The number of hydrogen-bond donors (Lipinski definition) is 1. The standard InChI is InChI=1S/C16H16N4O2/c1-10-12-7-14(19-9-21)18-8-13(12)20(2)15(10)11-5-4-6-17-16(11)22-3/h4-9H,1-3H3,(H,18,19,21). The predicted octanol–water partition coefficient (Wildman–Crippen LogP) is 2.52. The van der Waals surface area contributed by atoms with E-state index in [4.69, 9.17) is 4.74 Å². The van der Waals surface area contributed by atoms with Gasteiger partial charge < -0.3 is 14.6 Å². The van der Waals surface area contributed by atoms with Crippen molar-refractivity contribution in [3.8, 4) is 17.1 Å². The van der Waals surface area contributed by atoms with Crippen molar-refractivity contribution >= 4 is 23.1 Å². The van der Waals surface area contributed by atoms with Gasteiger partial charge in [-0.25, -0.2) is 9.97 Å². The van der Waals surface area contributed by atoms with Crippen molar-refractivity contribution < 1.29 is 9.53 Å². The summed E-state index contributed by atoms with van der Waals surface area (Å²) in [7, 11) is 3.59. The number of carbonyl (C=O) groups excluding carboxylic acids is 1. The van der Waals surface area contributed by atoms with Gasteiger partial charge in [-0.3, -0.25) is 4.79 Å². The Labute approximate surface area is 127 Å². The minimum absolute atomic E-state index is 0.529. The van der Waals surface area contributed by atoms with Crippen molar-refractivity contribution in [2.45, 2.75) is 6.92 Å². The quantitative estimate of drug-likeness (QED) is 0.751. The average molecular weight is 296 g/mol. The largest absolute Gasteiger partial charge is 0.481 e. The zero-order valence-electron chi connectivity index (χ0n) is 12.6. The summed E-state index contributed by atoms with van der Waals surface area (Å²) >= 11 is 0. The van der Waals surface area contributed by atoms with E-state index in [0.717, 1.165) is 27.7 Å². The van der Waals surface area contributed by atoms with E-state index < -0.39 is 0 Å². The number of anilines is 1. The van der Waals surface area contributed by atoms with Crippen molar-refractivity contribution in [2.24, 2.45) is 7.05 Å². The molecule has 0 aliphatic carbocycles. The number of nitrogens with one attached hydrogen (secondary N) is 1. The summed E-state index contributed by atoms with van der Waals surface area (Å²) in [6.45, 7) is 2.04. The van der Waals surface area contributed by atoms with Crippen LogP contribution in [0.4, 0.5) is 5.82 Å². The molecule has 0 saturated carbocycles. The highest BCUT2D eigenvalue weighted by atomic mass is 16.5. The molecule has 0 atom stereocenters. The lowest BCUT2D eigenvalue weighted by atomic mass is 10.1. The van der Waals surface area contributed by atoms with E-state index >= 15 is 0 Å². The molecule has 3 heterocycles. The van der Waals surface area contributed by atoms with Crippen molar-refractivity contribution in [3.63, 3.8) is 0 Å². The van der Waals surface area contributed by atoms with Gasteiger partial charge in [-0.05, 0) is 30.7 Å². The minimum atomic E-state index is 0.529. The summed E-state index contributed by atoms with van der Waals surface area (Å²) in [5.74, 6) is 1.11. The van der Waals surface area contributed by atoms with E-state index in [-0.39, 0.29) is 0 Å². The highest BCUT2D eigenvalue weighted by Gasteiger charge is 2.17. The highest BCUT2D eigenvalue weighted by molar-refractivity contribution is 5.93. The number of carbonyl (C=O) groups is 1. The molecule has 3 aromatic heterocycles. The van der Waals surface area contributed by atoms with Crippen LogP contribution in [0, 0.1) is 6.92 Å². The molecule has 1 N–H and O–H groups in total. The average Bonchev–Trinajstić information content (AvgIpc) is 2.79. The Balaban J connectivity index is 2.28. The molecule has 0 saturated heterocycles. The van der Waals surface area contributed by atoms with Gasteiger partial charge in [0.15, 0.2) is 0 Å². The molecular formula is C16H16N4O2. The third-order valence-corrected chi connectivity index (χ3v) is 3.77. The van der Waals surface area contributed by atoms with Crippen LogP contribution in [-0.2, 0) is 11.8 Å². The molecule has 112 valence electrons. The topological polar surface area (TPSA) is 69.0 Å². The summed E-state index contributed by atoms with van der Waals surface area (Å²) in [5.41, 5.74) is 4.01. The fourth-order valence-electron chi connectivity index (χ4n) is 2.77. The smallest absolute Gasteiger partial charge is 0.222 e. The Kier molecular flexibility index (Phi) is 3.50. The van der Waals surface area contributed by atoms with Crippen LogP contribution < -0.4 is 10.1 Å². The van der Waals surface area contributed by atoms with Crippen LogP contribution in [-0.4, -0.2) is 28.1 Å².